The first-order valence-corrected chi connectivity index (χ1v) is 10.9. The van der Waals surface area contributed by atoms with Gasteiger partial charge in [0.2, 0.25) is 5.95 Å². The molecule has 2 aliphatic rings. The van der Waals surface area contributed by atoms with Gasteiger partial charge in [0.1, 0.15) is 0 Å². The number of aromatic nitrogens is 4. The van der Waals surface area contributed by atoms with Crippen LogP contribution >= 0.6 is 11.6 Å². The molecule has 2 aliphatic heterocycles. The summed E-state index contributed by atoms with van der Waals surface area (Å²) < 4.78 is 0. The molecule has 1 aromatic carbocycles. The van der Waals surface area contributed by atoms with E-state index in [2.05, 4.69) is 37.6 Å². The van der Waals surface area contributed by atoms with Gasteiger partial charge in [-0.3, -0.25) is 0 Å². The predicted octanol–water partition coefficient (Wildman–Crippen LogP) is 2.94. The maximum absolute atomic E-state index is 6.51. The summed E-state index contributed by atoms with van der Waals surface area (Å²) in [5.41, 5.74) is 2.41. The van der Waals surface area contributed by atoms with E-state index in [0.29, 0.717) is 28.7 Å². The van der Waals surface area contributed by atoms with Gasteiger partial charge in [-0.1, -0.05) is 41.9 Å². The van der Waals surface area contributed by atoms with Gasteiger partial charge in [-0.05, 0) is 18.4 Å². The van der Waals surface area contributed by atoms with Gasteiger partial charge >= 0.3 is 0 Å². The van der Waals surface area contributed by atoms with Gasteiger partial charge in [0.15, 0.2) is 28.0 Å². The quantitative estimate of drug-likeness (QED) is 0.644. The zero-order valence-electron chi connectivity index (χ0n) is 16.8. The van der Waals surface area contributed by atoms with E-state index in [1.54, 1.807) is 0 Å². The highest BCUT2D eigenvalue weighted by Crippen LogP contribution is 2.30. The Morgan fingerprint density at radius 3 is 2.47 bits per heavy atom. The van der Waals surface area contributed by atoms with E-state index >= 15 is 0 Å². The van der Waals surface area contributed by atoms with Crippen LogP contribution in [0.5, 0.6) is 0 Å². The fourth-order valence-electron chi connectivity index (χ4n) is 3.95. The van der Waals surface area contributed by atoms with Crippen LogP contribution in [0.1, 0.15) is 19.8 Å². The lowest BCUT2D eigenvalue weighted by Crippen LogP contribution is -2.44. The highest BCUT2D eigenvalue weighted by atomic mass is 35.5. The van der Waals surface area contributed by atoms with Crippen molar-refractivity contribution in [2.24, 2.45) is 0 Å². The molecular weight excluding hydrogens is 400 g/mol. The molecule has 2 fully saturated rings. The van der Waals surface area contributed by atoms with Crippen LogP contribution in [0.4, 0.5) is 17.6 Å². The minimum Gasteiger partial charge on any atom is -0.363 e. The molecule has 9 heteroatoms. The second-order valence-corrected chi connectivity index (χ2v) is 8.01. The lowest BCUT2D eigenvalue weighted by molar-refractivity contribution is 0.580. The maximum atomic E-state index is 6.51. The summed E-state index contributed by atoms with van der Waals surface area (Å²) in [5, 5.41) is 7.03. The molecule has 2 N–H and O–H groups in total. The molecule has 0 amide bonds. The SMILES string of the molecule is Clc1nc2c(N3CCCC3)nc(N3CCNCC3)nc2nc1NCc1ccccc1.[HH]. The molecule has 0 radical (unpaired) electrons. The molecule has 0 aliphatic carbocycles. The number of hydrogen-bond acceptors (Lipinski definition) is 8. The Balaban J connectivity index is 0.00000231. The smallest absolute Gasteiger partial charge is 0.229 e. The summed E-state index contributed by atoms with van der Waals surface area (Å²) in [5.74, 6) is 2.11. The molecule has 8 nitrogen and oxygen atoms in total. The van der Waals surface area contributed by atoms with Gasteiger partial charge in [-0.25, -0.2) is 9.97 Å². The molecule has 30 heavy (non-hydrogen) atoms. The van der Waals surface area contributed by atoms with Crippen LogP contribution in [0.15, 0.2) is 30.3 Å². The zero-order chi connectivity index (χ0) is 20.3. The highest BCUT2D eigenvalue weighted by Gasteiger charge is 2.23. The number of halogens is 1. The minimum absolute atomic E-state index is 0. The second-order valence-electron chi connectivity index (χ2n) is 7.65. The Morgan fingerprint density at radius 2 is 1.70 bits per heavy atom. The van der Waals surface area contributed by atoms with Crippen molar-refractivity contribution in [3.8, 4) is 0 Å². The van der Waals surface area contributed by atoms with Gasteiger partial charge in [0, 0.05) is 47.2 Å². The van der Waals surface area contributed by atoms with E-state index in [-0.39, 0.29) is 1.43 Å². The van der Waals surface area contributed by atoms with E-state index in [1.165, 1.54) is 0 Å². The van der Waals surface area contributed by atoms with Crippen LogP contribution in [0.3, 0.4) is 0 Å². The van der Waals surface area contributed by atoms with E-state index in [0.717, 1.165) is 69.4 Å². The monoisotopic (exact) mass is 426 g/mol. The largest absolute Gasteiger partial charge is 0.363 e. The van der Waals surface area contributed by atoms with Crippen molar-refractivity contribution in [3.05, 3.63) is 41.0 Å². The Morgan fingerprint density at radius 1 is 0.933 bits per heavy atom. The van der Waals surface area contributed by atoms with Crippen LogP contribution < -0.4 is 20.4 Å². The Bertz CT molecular complexity index is 1020. The van der Waals surface area contributed by atoms with E-state index in [1.807, 2.05) is 18.2 Å². The number of anilines is 3. The molecule has 158 valence electrons. The van der Waals surface area contributed by atoms with Crippen LogP contribution in [-0.4, -0.2) is 59.2 Å². The number of rotatable bonds is 5. The molecule has 5 rings (SSSR count). The fraction of sp³-hybridized carbons (Fsp3) is 0.429. The van der Waals surface area contributed by atoms with E-state index < -0.39 is 0 Å². The summed E-state index contributed by atoms with van der Waals surface area (Å²) in [4.78, 5) is 23.6. The number of benzene rings is 1. The van der Waals surface area contributed by atoms with Crippen molar-refractivity contribution in [2.75, 3.05) is 54.4 Å². The second kappa shape index (κ2) is 8.57. The number of fused-ring (bicyclic) bond motifs is 1. The van der Waals surface area contributed by atoms with Gasteiger partial charge in [0.05, 0.1) is 0 Å². The molecule has 0 spiro atoms. The average molecular weight is 427 g/mol. The number of nitrogens with one attached hydrogen (secondary N) is 2. The third-order valence-corrected chi connectivity index (χ3v) is 5.83. The molecule has 0 atom stereocenters. The summed E-state index contributed by atoms with van der Waals surface area (Å²) >= 11 is 6.51. The van der Waals surface area contributed by atoms with Crippen LogP contribution in [-0.2, 0) is 6.54 Å². The van der Waals surface area contributed by atoms with Crippen molar-refractivity contribution >= 4 is 40.3 Å². The van der Waals surface area contributed by atoms with Crippen molar-refractivity contribution in [1.29, 1.82) is 0 Å². The van der Waals surface area contributed by atoms with Gasteiger partial charge in [-0.15, -0.1) is 0 Å². The van der Waals surface area contributed by atoms with Gasteiger partial charge in [-0.2, -0.15) is 9.97 Å². The molecule has 2 saturated heterocycles. The average Bonchev–Trinajstić information content (AvgIpc) is 3.33. The fourth-order valence-corrected chi connectivity index (χ4v) is 4.14. The summed E-state index contributed by atoms with van der Waals surface area (Å²) in [7, 11) is 0. The van der Waals surface area contributed by atoms with Crippen LogP contribution in [0.2, 0.25) is 5.15 Å². The Hall–Kier alpha value is -2.71. The van der Waals surface area contributed by atoms with E-state index in [4.69, 9.17) is 26.6 Å². The van der Waals surface area contributed by atoms with Crippen molar-refractivity contribution in [3.63, 3.8) is 0 Å². The van der Waals surface area contributed by atoms with E-state index in [9.17, 15) is 0 Å². The maximum Gasteiger partial charge on any atom is 0.229 e. The lowest BCUT2D eigenvalue weighted by Gasteiger charge is -2.28. The molecule has 0 saturated carbocycles. The highest BCUT2D eigenvalue weighted by molar-refractivity contribution is 6.32. The predicted molar refractivity (Wildman–Crippen MR) is 123 cm³/mol. The lowest BCUT2D eigenvalue weighted by atomic mass is 10.2. The molecule has 2 aromatic heterocycles. The molecule has 0 bridgehead atoms. The Kier molecular flexibility index (Phi) is 5.50. The zero-order valence-corrected chi connectivity index (χ0v) is 17.6. The standard InChI is InChI=1S/C21H25ClN8.H2/c22-17-19(24-14-15-6-2-1-3-7-15)26-18-16(25-17)20(29-10-4-5-11-29)28-21(27-18)30-12-8-23-9-13-30;/h1-3,6-7,23H,4-5,8-14H2,(H,24,26,27,28);1H. The van der Waals surface area contributed by atoms with Crippen molar-refractivity contribution < 1.29 is 1.43 Å². The molecule has 3 aromatic rings. The third-order valence-electron chi connectivity index (χ3n) is 5.57. The van der Waals surface area contributed by atoms with Crippen LogP contribution in [0, 0.1) is 0 Å². The molecule has 4 heterocycles. The summed E-state index contributed by atoms with van der Waals surface area (Å²) in [6.45, 7) is 6.18. The first-order valence-electron chi connectivity index (χ1n) is 10.5. The third kappa shape index (κ3) is 3.97. The molecular formula is C21H27ClN8. The number of piperazine rings is 1. The summed E-state index contributed by atoms with van der Waals surface area (Å²) in [6.07, 6.45) is 2.32. The normalized spacial score (nSPS) is 17.0. The first kappa shape index (κ1) is 19.3. The topological polar surface area (TPSA) is 82.1 Å². The Labute approximate surface area is 182 Å². The summed E-state index contributed by atoms with van der Waals surface area (Å²) in [6, 6.07) is 10.2. The molecule has 0 unspecified atom stereocenters. The number of nitrogens with zero attached hydrogens (tertiary/aromatic N) is 6. The number of hydrogen-bond donors (Lipinski definition) is 2. The van der Waals surface area contributed by atoms with Gasteiger partial charge < -0.3 is 20.4 Å². The first-order chi connectivity index (χ1) is 14.8. The van der Waals surface area contributed by atoms with Gasteiger partial charge in [0.25, 0.3) is 0 Å². The minimum atomic E-state index is 0. The van der Waals surface area contributed by atoms with Crippen molar-refractivity contribution in [1.82, 2.24) is 25.3 Å². The van der Waals surface area contributed by atoms with Crippen LogP contribution in [0.25, 0.3) is 11.2 Å². The van der Waals surface area contributed by atoms with Crippen molar-refractivity contribution in [2.45, 2.75) is 19.4 Å².